The molecule has 2 aliphatic rings. The number of nitrogen functional groups attached to an aromatic ring is 1. The van der Waals surface area contributed by atoms with E-state index in [1.54, 1.807) is 15.8 Å². The molecule has 0 aliphatic carbocycles. The quantitative estimate of drug-likeness (QED) is 0.142. The molecule has 5 heterocycles. The van der Waals surface area contributed by atoms with E-state index in [1.165, 1.54) is 6.20 Å². The van der Waals surface area contributed by atoms with Crippen LogP contribution < -0.4 is 11.1 Å². The lowest BCUT2D eigenvalue weighted by Crippen LogP contribution is -2.46. The summed E-state index contributed by atoms with van der Waals surface area (Å²) in [5.41, 5.74) is 10.2. The number of fused-ring (bicyclic) bond motifs is 2. The molecule has 2 saturated heterocycles. The first-order valence-electron chi connectivity index (χ1n) is 16.9. The number of carbonyl (C=O) groups is 2. The van der Waals surface area contributed by atoms with Gasteiger partial charge in [0.1, 0.15) is 12.5 Å². The van der Waals surface area contributed by atoms with Gasteiger partial charge in [-0.3, -0.25) is 14.6 Å². The van der Waals surface area contributed by atoms with Crippen LogP contribution in [0.3, 0.4) is 0 Å². The van der Waals surface area contributed by atoms with Crippen molar-refractivity contribution in [2.45, 2.75) is 77.0 Å². The number of anilines is 2. The highest BCUT2D eigenvalue weighted by molar-refractivity contribution is 6.76. The zero-order valence-electron chi connectivity index (χ0n) is 28.3. The molecule has 3 N–H and O–H groups in total. The lowest BCUT2D eigenvalue weighted by atomic mass is 9.89. The van der Waals surface area contributed by atoms with E-state index < -0.39 is 19.9 Å². The third-order valence-corrected chi connectivity index (χ3v) is 11.4. The van der Waals surface area contributed by atoms with Crippen LogP contribution in [0.4, 0.5) is 11.5 Å². The Labute approximate surface area is 277 Å². The Morgan fingerprint density at radius 2 is 1.83 bits per heavy atom. The Balaban J connectivity index is 1.22. The summed E-state index contributed by atoms with van der Waals surface area (Å²) in [4.78, 5) is 41.0. The second kappa shape index (κ2) is 13.7. The molecular weight excluding hydrogens is 609 g/mol. The SMILES string of the molecule is C[C@H]1CC[C@H](c2ccc3ccc(C4CCN(C)CC4)nc3c2)N(C(=O)C(=O)Nc2cnc(N)c3cnn(COCC[Si](C)(C)C)c23)C1. The summed E-state index contributed by atoms with van der Waals surface area (Å²) in [6.07, 6.45) is 7.05. The Bertz CT molecular complexity index is 1760. The van der Waals surface area contributed by atoms with Gasteiger partial charge in [-0.25, -0.2) is 9.67 Å². The number of amides is 2. The van der Waals surface area contributed by atoms with Gasteiger partial charge in [-0.15, -0.1) is 0 Å². The van der Waals surface area contributed by atoms with E-state index in [4.69, 9.17) is 15.5 Å². The van der Waals surface area contributed by atoms with Crippen LogP contribution in [0.2, 0.25) is 25.7 Å². The number of rotatable bonds is 8. The smallest absolute Gasteiger partial charge is 0.314 e. The van der Waals surface area contributed by atoms with Gasteiger partial charge >= 0.3 is 11.8 Å². The predicted molar refractivity (Wildman–Crippen MR) is 189 cm³/mol. The molecule has 12 heteroatoms. The average molecular weight is 657 g/mol. The van der Waals surface area contributed by atoms with Gasteiger partial charge in [0.2, 0.25) is 0 Å². The number of piperidine rings is 2. The summed E-state index contributed by atoms with van der Waals surface area (Å²) in [6, 6.07) is 11.4. The number of hydrogen-bond donors (Lipinski definition) is 2. The number of aromatic nitrogens is 4. The van der Waals surface area contributed by atoms with Crippen LogP contribution in [0.5, 0.6) is 0 Å². The first-order valence-corrected chi connectivity index (χ1v) is 20.6. The van der Waals surface area contributed by atoms with Crippen LogP contribution >= 0.6 is 0 Å². The van der Waals surface area contributed by atoms with Crippen molar-refractivity contribution in [3.63, 3.8) is 0 Å². The van der Waals surface area contributed by atoms with Crippen molar-refractivity contribution in [3.05, 3.63) is 54.0 Å². The van der Waals surface area contributed by atoms with E-state index in [2.05, 4.69) is 84.2 Å². The third kappa shape index (κ3) is 7.50. The highest BCUT2D eigenvalue weighted by Crippen LogP contribution is 2.36. The monoisotopic (exact) mass is 656 g/mol. The fourth-order valence-corrected chi connectivity index (χ4v) is 7.52. The van der Waals surface area contributed by atoms with Gasteiger partial charge in [-0.2, -0.15) is 5.10 Å². The lowest BCUT2D eigenvalue weighted by Gasteiger charge is -2.38. The van der Waals surface area contributed by atoms with Gasteiger partial charge in [0.25, 0.3) is 0 Å². The fraction of sp³-hybridized carbons (Fsp3) is 0.514. The first-order chi connectivity index (χ1) is 22.5. The number of nitrogens with two attached hydrogens (primary N) is 1. The molecule has 11 nitrogen and oxygen atoms in total. The maximum Gasteiger partial charge on any atom is 0.314 e. The molecule has 0 saturated carbocycles. The molecule has 3 aromatic heterocycles. The second-order valence-corrected chi connectivity index (χ2v) is 20.3. The fourth-order valence-electron chi connectivity index (χ4n) is 6.76. The molecule has 4 aromatic rings. The average Bonchev–Trinajstić information content (AvgIpc) is 3.48. The number of carbonyl (C=O) groups excluding carboxylic acids is 2. The van der Waals surface area contributed by atoms with Gasteiger partial charge in [-0.1, -0.05) is 44.8 Å². The number of hydrogen-bond acceptors (Lipinski definition) is 8. The summed E-state index contributed by atoms with van der Waals surface area (Å²) in [6.45, 7) is 12.5. The van der Waals surface area contributed by atoms with E-state index in [0.717, 1.165) is 67.0 Å². The van der Waals surface area contributed by atoms with Crippen molar-refractivity contribution in [1.29, 1.82) is 0 Å². The molecular formula is C35H48N8O3Si. The molecule has 6 rings (SSSR count). The van der Waals surface area contributed by atoms with Crippen LogP contribution in [0.15, 0.2) is 42.7 Å². The van der Waals surface area contributed by atoms with Crippen LogP contribution in [0.25, 0.3) is 21.8 Å². The van der Waals surface area contributed by atoms with Crippen molar-refractivity contribution < 1.29 is 14.3 Å². The standard InChI is InChI=1S/C35H48N8O3Si/c1-23-6-11-31(26-8-7-24-9-10-28(39-29(24)18-26)25-12-14-41(2)15-13-25)42(21-23)35(45)34(44)40-30-20-37-33(36)27-19-38-43(32(27)30)22-46-16-17-47(3,4)5/h7-10,18-20,23,25,31H,6,11-17,21-22H2,1-5H3,(H2,36,37)(H,40,44)/t23-,31+/m0/s1. The van der Waals surface area contributed by atoms with E-state index in [-0.39, 0.29) is 18.7 Å². The minimum Gasteiger partial charge on any atom is -0.383 e. The van der Waals surface area contributed by atoms with Crippen molar-refractivity contribution in [2.24, 2.45) is 5.92 Å². The molecule has 0 unspecified atom stereocenters. The number of nitrogens with zero attached hydrogens (tertiary/aromatic N) is 6. The number of pyridine rings is 2. The van der Waals surface area contributed by atoms with Gasteiger partial charge < -0.3 is 25.6 Å². The first kappa shape index (κ1) is 33.0. The van der Waals surface area contributed by atoms with Crippen LogP contribution in [0.1, 0.15) is 55.8 Å². The van der Waals surface area contributed by atoms with E-state index >= 15 is 0 Å². The van der Waals surface area contributed by atoms with Crippen LogP contribution in [0, 0.1) is 5.92 Å². The van der Waals surface area contributed by atoms with Crippen LogP contribution in [-0.4, -0.2) is 82.7 Å². The van der Waals surface area contributed by atoms with Gasteiger partial charge in [0.15, 0.2) is 0 Å². The third-order valence-electron chi connectivity index (χ3n) is 9.69. The van der Waals surface area contributed by atoms with Crippen LogP contribution in [-0.2, 0) is 21.1 Å². The highest BCUT2D eigenvalue weighted by Gasteiger charge is 2.35. The maximum absolute atomic E-state index is 13.9. The minimum absolute atomic E-state index is 0.204. The van der Waals surface area contributed by atoms with E-state index in [0.29, 0.717) is 41.5 Å². The van der Waals surface area contributed by atoms with Gasteiger partial charge in [0, 0.05) is 38.2 Å². The Morgan fingerprint density at radius 3 is 2.60 bits per heavy atom. The lowest BCUT2D eigenvalue weighted by molar-refractivity contribution is -0.146. The number of benzene rings is 1. The van der Waals surface area contributed by atoms with Gasteiger partial charge in [0.05, 0.1) is 40.5 Å². The van der Waals surface area contributed by atoms with Crippen molar-refractivity contribution >= 4 is 53.2 Å². The summed E-state index contributed by atoms with van der Waals surface area (Å²) < 4.78 is 7.59. The normalized spacial score (nSPS) is 19.8. The number of nitrogens with one attached hydrogen (secondary N) is 1. The second-order valence-electron chi connectivity index (χ2n) is 14.7. The highest BCUT2D eigenvalue weighted by atomic mass is 28.3. The molecule has 2 atom stereocenters. The molecule has 250 valence electrons. The zero-order valence-corrected chi connectivity index (χ0v) is 29.3. The molecule has 2 aliphatic heterocycles. The van der Waals surface area contributed by atoms with E-state index in [1.807, 2.05) is 0 Å². The summed E-state index contributed by atoms with van der Waals surface area (Å²) in [5.74, 6) is -0.257. The molecule has 0 bridgehead atoms. The Kier molecular flexibility index (Phi) is 9.63. The minimum atomic E-state index is -1.25. The predicted octanol–water partition coefficient (Wildman–Crippen LogP) is 5.62. The number of ether oxygens (including phenoxy) is 1. The van der Waals surface area contributed by atoms with Crippen molar-refractivity contribution in [2.75, 3.05) is 44.3 Å². The molecule has 0 radical (unpaired) electrons. The Morgan fingerprint density at radius 1 is 1.06 bits per heavy atom. The molecule has 2 fully saturated rings. The molecule has 2 amide bonds. The largest absolute Gasteiger partial charge is 0.383 e. The molecule has 47 heavy (non-hydrogen) atoms. The molecule has 1 aromatic carbocycles. The summed E-state index contributed by atoms with van der Waals surface area (Å²) >= 11 is 0. The summed E-state index contributed by atoms with van der Waals surface area (Å²) in [5, 5.41) is 8.96. The zero-order chi connectivity index (χ0) is 33.3. The summed E-state index contributed by atoms with van der Waals surface area (Å²) in [7, 11) is 0.916. The van der Waals surface area contributed by atoms with Crippen molar-refractivity contribution in [3.8, 4) is 0 Å². The topological polar surface area (TPSA) is 132 Å². The number of likely N-dealkylation sites (tertiary alicyclic amines) is 2. The Hall–Kier alpha value is -3.87. The van der Waals surface area contributed by atoms with E-state index in [9.17, 15) is 9.59 Å². The van der Waals surface area contributed by atoms with Gasteiger partial charge in [-0.05, 0) is 75.5 Å². The van der Waals surface area contributed by atoms with Crippen molar-refractivity contribution in [1.82, 2.24) is 29.5 Å². The maximum atomic E-state index is 13.9. The molecule has 0 spiro atoms.